The van der Waals surface area contributed by atoms with Gasteiger partial charge in [0.1, 0.15) is 6.33 Å². The molecule has 0 saturated carbocycles. The summed E-state index contributed by atoms with van der Waals surface area (Å²) in [6.45, 7) is 6.40. The van der Waals surface area contributed by atoms with Crippen LogP contribution in [0.4, 0.5) is 11.4 Å². The number of imide groups is 1. The second kappa shape index (κ2) is 12.0. The largest absolute Gasteiger partial charge is 0.384 e. The Morgan fingerprint density at radius 2 is 1.46 bits per heavy atom. The van der Waals surface area contributed by atoms with Gasteiger partial charge in [-0.15, -0.1) is 0 Å². The van der Waals surface area contributed by atoms with E-state index in [4.69, 9.17) is 0 Å². The van der Waals surface area contributed by atoms with Gasteiger partial charge in [0.25, 0.3) is 17.5 Å². The Morgan fingerprint density at radius 3 is 2.23 bits per heavy atom. The van der Waals surface area contributed by atoms with Gasteiger partial charge in [0.05, 0.1) is 32.2 Å². The number of carbonyl (C=O) groups excluding carboxylic acids is 2. The third-order valence-corrected chi connectivity index (χ3v) is 9.80. The van der Waals surface area contributed by atoms with Crippen molar-refractivity contribution in [2.45, 2.75) is 12.8 Å². The third kappa shape index (κ3) is 4.92. The number of hydrogen-bond donors (Lipinski definition) is 1. The highest BCUT2D eigenvalue weighted by Crippen LogP contribution is 2.35. The second-order valence-electron chi connectivity index (χ2n) is 12.5. The summed E-state index contributed by atoms with van der Waals surface area (Å²) in [6, 6.07) is 19.2. The smallest absolute Gasteiger partial charge is 0.277 e. The number of hydrogen-bond acceptors (Lipinski definition) is 9. The Labute approximate surface area is 274 Å². The molecule has 8 rings (SSSR count). The van der Waals surface area contributed by atoms with Crippen LogP contribution in [0.3, 0.4) is 0 Å². The molecule has 4 heterocycles. The van der Waals surface area contributed by atoms with Crippen LogP contribution >= 0.6 is 0 Å². The van der Waals surface area contributed by atoms with E-state index in [-0.39, 0.29) is 11.1 Å². The van der Waals surface area contributed by atoms with E-state index in [1.54, 1.807) is 24.5 Å². The van der Waals surface area contributed by atoms with E-state index < -0.39 is 16.7 Å². The number of amides is 2. The number of nitro benzene ring substituents is 1. The summed E-state index contributed by atoms with van der Waals surface area (Å²) in [5, 5.41) is 17.1. The summed E-state index contributed by atoms with van der Waals surface area (Å²) in [4.78, 5) is 61.7. The zero-order valence-electron chi connectivity index (χ0n) is 26.2. The lowest BCUT2D eigenvalue weighted by molar-refractivity contribution is -0.383. The Balaban J connectivity index is 0.829. The Kier molecular flexibility index (Phi) is 7.46. The first-order valence-corrected chi connectivity index (χ1v) is 16.3. The summed E-state index contributed by atoms with van der Waals surface area (Å²) >= 11 is 0. The predicted octanol–water partition coefficient (Wildman–Crippen LogP) is 4.61. The lowest BCUT2D eigenvalue weighted by atomic mass is 9.93. The van der Waals surface area contributed by atoms with Crippen molar-refractivity contribution in [3.63, 3.8) is 0 Å². The van der Waals surface area contributed by atoms with Crippen LogP contribution in [-0.4, -0.2) is 93.2 Å². The van der Waals surface area contributed by atoms with Gasteiger partial charge in [0, 0.05) is 72.9 Å². The monoisotopic (exact) mass is 643 g/mol. The van der Waals surface area contributed by atoms with Crippen molar-refractivity contribution in [2.24, 2.45) is 0 Å². The van der Waals surface area contributed by atoms with Crippen LogP contribution in [0.15, 0.2) is 77.9 Å². The van der Waals surface area contributed by atoms with E-state index in [0.29, 0.717) is 45.6 Å². The number of fused-ring (bicyclic) bond motifs is 2. The van der Waals surface area contributed by atoms with Crippen LogP contribution in [0, 0.1) is 10.1 Å². The number of non-ortho nitro benzene ring substituents is 1. The average Bonchev–Trinajstić information content (AvgIpc) is 3.54. The number of pyridine rings is 1. The van der Waals surface area contributed by atoms with Crippen molar-refractivity contribution in [3.05, 3.63) is 105 Å². The van der Waals surface area contributed by atoms with Crippen molar-refractivity contribution >= 4 is 61.3 Å². The molecular weight excluding hydrogens is 610 g/mol. The molecule has 0 spiro atoms. The van der Waals surface area contributed by atoms with Crippen molar-refractivity contribution in [2.75, 3.05) is 57.7 Å². The standard InChI is InChI=1S/C36H33N7O5/c44-34-24-6-1-2-9-29(24)42-22-38-28-12-11-27(32(34)33(28)42)37-14-4-15-39-18-20-40(21-19-39)16-5-17-41-35(45)25-8-3-7-23-30(43(47)48)13-10-26(31(23)25)36(41)46/h1-3,6-13,22,37H,4-5,14-21H2. The molecule has 0 atom stereocenters. The molecule has 6 aromatic rings. The number of anilines is 1. The fourth-order valence-corrected chi connectivity index (χ4v) is 7.38. The van der Waals surface area contributed by atoms with Crippen LogP contribution in [-0.2, 0) is 0 Å². The average molecular weight is 644 g/mol. The minimum Gasteiger partial charge on any atom is -0.384 e. The maximum atomic E-state index is 13.5. The molecule has 0 aliphatic carbocycles. The molecule has 2 amide bonds. The zero-order chi connectivity index (χ0) is 32.9. The van der Waals surface area contributed by atoms with Crippen molar-refractivity contribution in [1.82, 2.24) is 24.1 Å². The fraction of sp³-hybridized carbons (Fsp3) is 0.278. The lowest BCUT2D eigenvalue weighted by Crippen LogP contribution is -2.48. The number of benzene rings is 4. The van der Waals surface area contributed by atoms with Gasteiger partial charge in [-0.25, -0.2) is 4.98 Å². The minimum atomic E-state index is -0.488. The minimum absolute atomic E-state index is 0.0188. The first-order chi connectivity index (χ1) is 23.4. The van der Waals surface area contributed by atoms with Crippen LogP contribution < -0.4 is 10.7 Å². The first-order valence-electron chi connectivity index (χ1n) is 16.3. The molecular formula is C36H33N7O5. The lowest BCUT2D eigenvalue weighted by Gasteiger charge is -2.35. The molecule has 2 aliphatic heterocycles. The fourth-order valence-electron chi connectivity index (χ4n) is 7.38. The molecule has 12 heteroatoms. The number of carbonyl (C=O) groups is 2. The Bertz CT molecular complexity index is 2290. The first kappa shape index (κ1) is 29.9. The zero-order valence-corrected chi connectivity index (χ0v) is 26.2. The van der Waals surface area contributed by atoms with Crippen molar-refractivity contribution < 1.29 is 14.5 Å². The van der Waals surface area contributed by atoms with Gasteiger partial charge in [-0.3, -0.25) is 33.8 Å². The van der Waals surface area contributed by atoms with Gasteiger partial charge in [-0.05, 0) is 68.4 Å². The van der Waals surface area contributed by atoms with Crippen molar-refractivity contribution in [3.8, 4) is 0 Å². The van der Waals surface area contributed by atoms with Gasteiger partial charge in [-0.2, -0.15) is 0 Å². The molecule has 2 aliphatic rings. The van der Waals surface area contributed by atoms with Crippen molar-refractivity contribution in [1.29, 1.82) is 0 Å². The van der Waals surface area contributed by atoms with Crippen LogP contribution in [0.5, 0.6) is 0 Å². The summed E-state index contributed by atoms with van der Waals surface area (Å²) in [7, 11) is 0. The van der Waals surface area contributed by atoms with E-state index in [1.807, 2.05) is 40.8 Å². The second-order valence-corrected chi connectivity index (χ2v) is 12.5. The van der Waals surface area contributed by atoms with Gasteiger partial charge >= 0.3 is 0 Å². The maximum Gasteiger partial charge on any atom is 0.277 e. The van der Waals surface area contributed by atoms with Gasteiger partial charge in [0.15, 0.2) is 5.43 Å². The third-order valence-electron chi connectivity index (χ3n) is 9.80. The number of nitrogens with zero attached hydrogens (tertiary/aromatic N) is 6. The highest BCUT2D eigenvalue weighted by molar-refractivity contribution is 6.26. The molecule has 12 nitrogen and oxygen atoms in total. The molecule has 4 aromatic carbocycles. The van der Waals surface area contributed by atoms with Crippen LogP contribution in [0.25, 0.3) is 38.1 Å². The molecule has 2 aromatic heterocycles. The van der Waals surface area contributed by atoms with E-state index in [1.165, 1.54) is 17.0 Å². The quantitative estimate of drug-likeness (QED) is 0.0747. The number of aromatic nitrogens is 2. The van der Waals surface area contributed by atoms with E-state index in [0.717, 1.165) is 74.5 Å². The predicted molar refractivity (Wildman–Crippen MR) is 184 cm³/mol. The van der Waals surface area contributed by atoms with Gasteiger partial charge < -0.3 is 15.1 Å². The number of nitro groups is 1. The molecule has 48 heavy (non-hydrogen) atoms. The van der Waals surface area contributed by atoms with E-state index in [9.17, 15) is 24.5 Å². The molecule has 0 unspecified atom stereocenters. The molecule has 0 bridgehead atoms. The van der Waals surface area contributed by atoms with Gasteiger partial charge in [0.2, 0.25) is 0 Å². The van der Waals surface area contributed by atoms with E-state index >= 15 is 0 Å². The molecule has 1 saturated heterocycles. The van der Waals surface area contributed by atoms with Gasteiger partial charge in [-0.1, -0.05) is 18.2 Å². The Hall–Kier alpha value is -5.46. The number of nitrogens with one attached hydrogen (secondary N) is 1. The summed E-state index contributed by atoms with van der Waals surface area (Å²) in [5.74, 6) is -0.804. The topological polar surface area (TPSA) is 133 Å². The number of rotatable bonds is 10. The highest BCUT2D eigenvalue weighted by Gasteiger charge is 2.34. The molecule has 0 radical (unpaired) electrons. The normalized spacial score (nSPS) is 15.8. The highest BCUT2D eigenvalue weighted by atomic mass is 16.6. The van der Waals surface area contributed by atoms with Crippen LogP contribution in [0.1, 0.15) is 33.6 Å². The van der Waals surface area contributed by atoms with E-state index in [2.05, 4.69) is 20.1 Å². The maximum absolute atomic E-state index is 13.5. The molecule has 1 N–H and O–H groups in total. The summed E-state index contributed by atoms with van der Waals surface area (Å²) < 4.78 is 2.00. The number of imidazole rings is 1. The Morgan fingerprint density at radius 1 is 0.750 bits per heavy atom. The van der Waals surface area contributed by atoms with Crippen LogP contribution in [0.2, 0.25) is 0 Å². The molecule has 1 fully saturated rings. The number of para-hydroxylation sites is 1. The summed E-state index contributed by atoms with van der Waals surface area (Å²) in [5.41, 5.74) is 3.92. The SMILES string of the molecule is O=C1c2cccc3c([N+](=O)[O-])ccc(c23)C(=O)N1CCCN1CCN(CCCNc2ccc3ncn4c5ccccc5c(=O)c2c34)CC1. The molecule has 242 valence electrons. The number of piperazine rings is 1. The summed E-state index contributed by atoms with van der Waals surface area (Å²) in [6.07, 6.45) is 3.36.